The van der Waals surface area contributed by atoms with E-state index in [0.717, 1.165) is 24.8 Å². The van der Waals surface area contributed by atoms with E-state index in [1.165, 1.54) is 12.1 Å². The number of nitro groups is 1. The Morgan fingerprint density at radius 1 is 1.21 bits per heavy atom. The number of hydrogen-bond acceptors (Lipinski definition) is 6. The van der Waals surface area contributed by atoms with Gasteiger partial charge in [-0.1, -0.05) is 30.0 Å². The number of hydrogen-bond donors (Lipinski definition) is 1. The minimum Gasteiger partial charge on any atom is -0.444 e. The Morgan fingerprint density at radius 2 is 1.97 bits per heavy atom. The zero-order valence-electron chi connectivity index (χ0n) is 19.1. The number of anilines is 1. The van der Waals surface area contributed by atoms with Crippen LogP contribution in [0.3, 0.4) is 0 Å². The van der Waals surface area contributed by atoms with Gasteiger partial charge >= 0.3 is 6.09 Å². The maximum atomic E-state index is 12.3. The number of ether oxygens (including phenoxy) is 3. The van der Waals surface area contributed by atoms with Crippen LogP contribution in [0.1, 0.15) is 56.7 Å². The third kappa shape index (κ3) is 7.59. The molecule has 1 N–H and O–H groups in total. The number of rotatable bonds is 5. The predicted octanol–water partition coefficient (Wildman–Crippen LogP) is 5.38. The molecule has 1 amide bonds. The molecule has 1 heterocycles. The van der Waals surface area contributed by atoms with E-state index < -0.39 is 16.6 Å². The number of nitro benzene ring substituents is 1. The molecule has 1 atom stereocenters. The number of nitrogens with zero attached hydrogens (tertiary/aromatic N) is 1. The van der Waals surface area contributed by atoms with Gasteiger partial charge in [-0.3, -0.25) is 15.4 Å². The van der Waals surface area contributed by atoms with Crippen molar-refractivity contribution in [2.75, 3.05) is 11.9 Å². The van der Waals surface area contributed by atoms with E-state index in [4.69, 9.17) is 14.2 Å². The van der Waals surface area contributed by atoms with Crippen molar-refractivity contribution in [1.82, 2.24) is 0 Å². The van der Waals surface area contributed by atoms with E-state index in [1.807, 2.05) is 30.3 Å². The lowest BCUT2D eigenvalue weighted by atomic mass is 10.0. The topological polar surface area (TPSA) is 99.9 Å². The highest BCUT2D eigenvalue weighted by Gasteiger charge is 2.23. The van der Waals surface area contributed by atoms with Crippen molar-refractivity contribution in [1.29, 1.82) is 0 Å². The minimum atomic E-state index is -0.781. The van der Waals surface area contributed by atoms with Gasteiger partial charge < -0.3 is 14.2 Å². The molecule has 0 aliphatic carbocycles. The summed E-state index contributed by atoms with van der Waals surface area (Å²) in [5, 5.41) is 14.2. The maximum Gasteiger partial charge on any atom is 0.412 e. The van der Waals surface area contributed by atoms with Crippen molar-refractivity contribution < 1.29 is 23.9 Å². The molecular formula is C25H28N2O6. The van der Waals surface area contributed by atoms with Crippen molar-refractivity contribution in [2.24, 2.45) is 0 Å². The van der Waals surface area contributed by atoms with Crippen LogP contribution in [0.5, 0.6) is 0 Å². The molecule has 1 aliphatic heterocycles. The van der Waals surface area contributed by atoms with Crippen LogP contribution < -0.4 is 5.32 Å². The Balaban J connectivity index is 1.94. The molecule has 2 aromatic rings. The molecule has 1 saturated heterocycles. The fraction of sp³-hybridized carbons (Fsp3) is 0.400. The molecule has 0 bridgehead atoms. The summed E-state index contributed by atoms with van der Waals surface area (Å²) < 4.78 is 16.8. The highest BCUT2D eigenvalue weighted by atomic mass is 16.7. The second-order valence-corrected chi connectivity index (χ2v) is 8.63. The van der Waals surface area contributed by atoms with Crippen molar-refractivity contribution in [3.05, 3.63) is 69.3 Å². The summed E-state index contributed by atoms with van der Waals surface area (Å²) in [5.74, 6) is 6.04. The number of nitrogens with one attached hydrogen (secondary N) is 1. The first kappa shape index (κ1) is 24.2. The fourth-order valence-corrected chi connectivity index (χ4v) is 3.22. The monoisotopic (exact) mass is 452 g/mol. The molecule has 0 saturated carbocycles. The molecule has 33 heavy (non-hydrogen) atoms. The van der Waals surface area contributed by atoms with Crippen LogP contribution in [0.25, 0.3) is 0 Å². The predicted molar refractivity (Wildman–Crippen MR) is 124 cm³/mol. The molecule has 0 aromatic heterocycles. The van der Waals surface area contributed by atoms with Gasteiger partial charge in [0, 0.05) is 23.8 Å². The normalized spacial score (nSPS) is 15.8. The smallest absolute Gasteiger partial charge is 0.412 e. The van der Waals surface area contributed by atoms with Crippen molar-refractivity contribution in [3.63, 3.8) is 0 Å². The molecule has 1 fully saturated rings. The van der Waals surface area contributed by atoms with E-state index in [1.54, 1.807) is 20.8 Å². The van der Waals surface area contributed by atoms with Crippen LogP contribution in [0.4, 0.5) is 16.2 Å². The lowest BCUT2D eigenvalue weighted by Crippen LogP contribution is -2.27. The van der Waals surface area contributed by atoms with E-state index in [2.05, 4.69) is 17.2 Å². The standard InChI is InChI=1S/C25H28N2O6/c1-25(2,3)33-24(28)26-21-15-20(17-32-23-11-7-8-14-31-23)19(16-22(21)27(29)30)13-12-18-9-5-4-6-10-18/h4-6,9-10,15-16,23H,7-8,11,14,17H2,1-3H3,(H,26,28). The Labute approximate surface area is 193 Å². The zero-order valence-corrected chi connectivity index (χ0v) is 19.1. The molecule has 8 heteroatoms. The van der Waals surface area contributed by atoms with Crippen LogP contribution in [0, 0.1) is 22.0 Å². The lowest BCUT2D eigenvalue weighted by molar-refractivity contribution is -0.384. The Hall–Kier alpha value is -3.41. The molecule has 0 radical (unpaired) electrons. The van der Waals surface area contributed by atoms with Crippen LogP contribution in [0.15, 0.2) is 42.5 Å². The molecule has 2 aromatic carbocycles. The van der Waals surface area contributed by atoms with Crippen molar-refractivity contribution >= 4 is 17.5 Å². The molecule has 174 valence electrons. The Kier molecular flexibility index (Phi) is 8.04. The van der Waals surface area contributed by atoms with Gasteiger partial charge in [-0.25, -0.2) is 4.79 Å². The largest absolute Gasteiger partial charge is 0.444 e. The summed E-state index contributed by atoms with van der Waals surface area (Å²) >= 11 is 0. The first-order valence-corrected chi connectivity index (χ1v) is 10.8. The van der Waals surface area contributed by atoms with Gasteiger partial charge in [0.05, 0.1) is 11.5 Å². The maximum absolute atomic E-state index is 12.3. The number of amides is 1. The van der Waals surface area contributed by atoms with Crippen molar-refractivity contribution in [3.8, 4) is 11.8 Å². The molecule has 0 spiro atoms. The SMILES string of the molecule is CC(C)(C)OC(=O)Nc1cc(COC2CCCCO2)c(C#Cc2ccccc2)cc1[N+](=O)[O-]. The number of carbonyl (C=O) groups is 1. The summed E-state index contributed by atoms with van der Waals surface area (Å²) in [7, 11) is 0. The number of benzene rings is 2. The number of carbonyl (C=O) groups excluding carboxylic acids is 1. The summed E-state index contributed by atoms with van der Waals surface area (Å²) in [6, 6.07) is 12.2. The van der Waals surface area contributed by atoms with Gasteiger partial charge in [0.25, 0.3) is 5.69 Å². The minimum absolute atomic E-state index is 0.0164. The first-order valence-electron chi connectivity index (χ1n) is 10.8. The third-order valence-electron chi connectivity index (χ3n) is 4.73. The molecule has 1 unspecified atom stereocenters. The summed E-state index contributed by atoms with van der Waals surface area (Å²) in [5.41, 5.74) is 0.807. The second-order valence-electron chi connectivity index (χ2n) is 8.63. The van der Waals surface area contributed by atoms with Gasteiger partial charge in [-0.2, -0.15) is 0 Å². The summed E-state index contributed by atoms with van der Waals surface area (Å²) in [6.07, 6.45) is 1.66. The quantitative estimate of drug-likeness (QED) is 0.371. The fourth-order valence-electron chi connectivity index (χ4n) is 3.22. The van der Waals surface area contributed by atoms with Gasteiger partial charge in [0.15, 0.2) is 6.29 Å². The van der Waals surface area contributed by atoms with E-state index >= 15 is 0 Å². The third-order valence-corrected chi connectivity index (χ3v) is 4.73. The zero-order chi connectivity index (χ0) is 23.8. The molecule has 1 aliphatic rings. The van der Waals surface area contributed by atoms with Crippen LogP contribution in [0.2, 0.25) is 0 Å². The van der Waals surface area contributed by atoms with Crippen molar-refractivity contribution in [2.45, 2.75) is 58.5 Å². The van der Waals surface area contributed by atoms with Gasteiger partial charge in [0.2, 0.25) is 0 Å². The van der Waals surface area contributed by atoms with Crippen LogP contribution >= 0.6 is 0 Å². The Morgan fingerprint density at radius 3 is 2.61 bits per heavy atom. The average molecular weight is 453 g/mol. The van der Waals surface area contributed by atoms with E-state index in [9.17, 15) is 14.9 Å². The molecule has 3 rings (SSSR count). The van der Waals surface area contributed by atoms with Gasteiger partial charge in [-0.15, -0.1) is 0 Å². The lowest BCUT2D eigenvalue weighted by Gasteiger charge is -2.23. The highest BCUT2D eigenvalue weighted by molar-refractivity contribution is 5.88. The highest BCUT2D eigenvalue weighted by Crippen LogP contribution is 2.30. The molecule has 8 nitrogen and oxygen atoms in total. The molecular weight excluding hydrogens is 424 g/mol. The summed E-state index contributed by atoms with van der Waals surface area (Å²) in [4.78, 5) is 23.5. The van der Waals surface area contributed by atoms with E-state index in [-0.39, 0.29) is 24.3 Å². The average Bonchev–Trinajstić information content (AvgIpc) is 2.76. The van der Waals surface area contributed by atoms with Crippen LogP contribution in [-0.2, 0) is 20.8 Å². The Bertz CT molecular complexity index is 1040. The second kappa shape index (κ2) is 10.9. The summed E-state index contributed by atoms with van der Waals surface area (Å²) in [6.45, 7) is 5.91. The van der Waals surface area contributed by atoms with Crippen LogP contribution in [-0.4, -0.2) is 29.5 Å². The first-order chi connectivity index (χ1) is 15.7. The van der Waals surface area contributed by atoms with Gasteiger partial charge in [-0.05, 0) is 63.8 Å². The van der Waals surface area contributed by atoms with E-state index in [0.29, 0.717) is 17.7 Å². The van der Waals surface area contributed by atoms with Gasteiger partial charge in [0.1, 0.15) is 11.3 Å².